The fraction of sp³-hybridized carbons (Fsp3) is 0.558. The number of Topliss-reactive ketones (excluding diaryl/α,β-unsaturated/α-hetero) is 1. The minimum Gasteiger partial charge on any atom is -0.491 e. The van der Waals surface area contributed by atoms with Crippen molar-refractivity contribution in [3.05, 3.63) is 80.3 Å². The first-order chi connectivity index (χ1) is 25.0. The van der Waals surface area contributed by atoms with Crippen LogP contribution in [0.2, 0.25) is 0 Å². The summed E-state index contributed by atoms with van der Waals surface area (Å²) in [6.45, 7) is 18.9. The van der Waals surface area contributed by atoms with Gasteiger partial charge >= 0.3 is 0 Å². The average Bonchev–Trinajstić information content (AvgIpc) is 3.14. The Morgan fingerprint density at radius 2 is 0.962 bits per heavy atom. The number of nitrogens with zero attached hydrogens (tertiary/aromatic N) is 4. The van der Waals surface area contributed by atoms with Crippen molar-refractivity contribution in [2.45, 2.75) is 132 Å². The van der Waals surface area contributed by atoms with Gasteiger partial charge in [-0.25, -0.2) is 0 Å². The Morgan fingerprint density at radius 3 is 1.23 bits per heavy atom. The summed E-state index contributed by atoms with van der Waals surface area (Å²) in [6, 6.07) is 7.26. The number of ketones is 1. The molecule has 0 bridgehead atoms. The zero-order valence-corrected chi connectivity index (χ0v) is 33.6. The van der Waals surface area contributed by atoms with Crippen LogP contribution in [0.15, 0.2) is 46.0 Å². The van der Waals surface area contributed by atoms with Crippen LogP contribution in [0, 0.1) is 0 Å². The van der Waals surface area contributed by atoms with Gasteiger partial charge < -0.3 is 20.9 Å². The maximum Gasteiger partial charge on any atom is 0.190 e. The first-order valence-corrected chi connectivity index (χ1v) is 19.6. The van der Waals surface area contributed by atoms with E-state index in [0.29, 0.717) is 37.8 Å². The van der Waals surface area contributed by atoms with Gasteiger partial charge in [0.1, 0.15) is 23.6 Å². The van der Waals surface area contributed by atoms with Crippen LogP contribution in [0.1, 0.15) is 126 Å². The van der Waals surface area contributed by atoms with Crippen LogP contribution in [0.4, 0.5) is 0 Å². The fourth-order valence-corrected chi connectivity index (χ4v) is 7.72. The third-order valence-electron chi connectivity index (χ3n) is 10.3. The summed E-state index contributed by atoms with van der Waals surface area (Å²) in [6.07, 6.45) is 6.91. The number of rotatable bonds is 18. The number of hydrogen-bond donors (Lipinski definition) is 2. The first-order valence-electron chi connectivity index (χ1n) is 19.6. The highest BCUT2D eigenvalue weighted by Crippen LogP contribution is 2.42. The third-order valence-corrected chi connectivity index (χ3v) is 10.3. The van der Waals surface area contributed by atoms with Gasteiger partial charge in [0.2, 0.25) is 0 Å². The Labute approximate surface area is 313 Å². The van der Waals surface area contributed by atoms with Crippen molar-refractivity contribution in [2.24, 2.45) is 21.7 Å². The van der Waals surface area contributed by atoms with E-state index in [4.69, 9.17) is 31.1 Å². The molecule has 9 heteroatoms. The molecular formula is C43H64N6O3. The largest absolute Gasteiger partial charge is 0.491 e. The van der Waals surface area contributed by atoms with Gasteiger partial charge in [-0.2, -0.15) is 10.2 Å². The van der Waals surface area contributed by atoms with E-state index in [2.05, 4.69) is 65.8 Å². The van der Waals surface area contributed by atoms with E-state index in [0.717, 1.165) is 118 Å². The molecule has 0 fully saturated rings. The van der Waals surface area contributed by atoms with E-state index >= 15 is 4.79 Å². The number of carbonyl (C=O) groups excluding carboxylic acids is 1. The summed E-state index contributed by atoms with van der Waals surface area (Å²) in [5.74, 6) is 1.34. The highest BCUT2D eigenvalue weighted by molar-refractivity contribution is 6.17. The van der Waals surface area contributed by atoms with Crippen molar-refractivity contribution in [1.29, 1.82) is 0 Å². The van der Waals surface area contributed by atoms with E-state index in [1.54, 1.807) is 0 Å². The number of nitrogens with two attached hydrogens (primary N) is 2. The lowest BCUT2D eigenvalue weighted by molar-refractivity contribution is -0.125. The Bertz CT molecular complexity index is 1550. The number of allylic oxidation sites excluding steroid dienone is 2. The average molecular weight is 713 g/mol. The molecule has 0 aliphatic carbocycles. The molecule has 0 radical (unpaired) electrons. The molecule has 4 rings (SSSR count). The Morgan fingerprint density at radius 1 is 0.635 bits per heavy atom. The van der Waals surface area contributed by atoms with Gasteiger partial charge in [0.25, 0.3) is 0 Å². The van der Waals surface area contributed by atoms with Crippen molar-refractivity contribution in [3.63, 3.8) is 0 Å². The maximum atomic E-state index is 15.9. The molecule has 2 atom stereocenters. The molecule has 0 saturated heterocycles. The summed E-state index contributed by atoms with van der Waals surface area (Å²) >= 11 is 0. The smallest absolute Gasteiger partial charge is 0.190 e. The lowest BCUT2D eigenvalue weighted by atomic mass is 9.78. The van der Waals surface area contributed by atoms with Gasteiger partial charge in [0.05, 0.1) is 24.6 Å². The SMILES string of the molecule is CCCCOC1=C(c2c(CC)cc(CN)cc2CC)C(C(=O)C2C(c3c(CC)cc(CN)cc3CC)=C(OCCCC)C(C)=NN2C)N(C)N=C1C. The molecule has 0 saturated carbocycles. The second-order valence-electron chi connectivity index (χ2n) is 14.0. The maximum absolute atomic E-state index is 15.9. The molecule has 0 spiro atoms. The highest BCUT2D eigenvalue weighted by Gasteiger charge is 2.46. The topological polar surface area (TPSA) is 119 Å². The second kappa shape index (κ2) is 18.7. The molecule has 2 aliphatic heterocycles. The zero-order valence-electron chi connectivity index (χ0n) is 33.6. The van der Waals surface area contributed by atoms with E-state index in [1.165, 1.54) is 0 Å². The predicted molar refractivity (Wildman–Crippen MR) is 216 cm³/mol. The molecule has 4 N–H and O–H groups in total. The normalized spacial score (nSPS) is 17.8. The number of hydrogen-bond acceptors (Lipinski definition) is 9. The quantitative estimate of drug-likeness (QED) is 0.153. The van der Waals surface area contributed by atoms with Crippen molar-refractivity contribution >= 4 is 28.4 Å². The van der Waals surface area contributed by atoms with Crippen LogP contribution < -0.4 is 11.5 Å². The monoisotopic (exact) mass is 713 g/mol. The van der Waals surface area contributed by atoms with Gasteiger partial charge in [-0.15, -0.1) is 0 Å². The van der Waals surface area contributed by atoms with Crippen LogP contribution in [0.5, 0.6) is 0 Å². The number of carbonyl (C=O) groups is 1. The number of benzene rings is 2. The van der Waals surface area contributed by atoms with Crippen molar-refractivity contribution in [2.75, 3.05) is 27.3 Å². The van der Waals surface area contributed by atoms with E-state index in [-0.39, 0.29) is 5.78 Å². The van der Waals surface area contributed by atoms with Gasteiger partial charge in [-0.1, -0.05) is 78.6 Å². The molecule has 2 aromatic carbocycles. The van der Waals surface area contributed by atoms with Gasteiger partial charge in [-0.3, -0.25) is 14.8 Å². The Balaban J connectivity index is 2.09. The van der Waals surface area contributed by atoms with Gasteiger partial charge in [0.15, 0.2) is 5.78 Å². The number of aryl methyl sites for hydroxylation is 4. The fourth-order valence-electron chi connectivity index (χ4n) is 7.72. The molecular weight excluding hydrogens is 649 g/mol. The Kier molecular flexibility index (Phi) is 14.7. The van der Waals surface area contributed by atoms with E-state index in [9.17, 15) is 0 Å². The van der Waals surface area contributed by atoms with E-state index in [1.807, 2.05) is 38.0 Å². The standard InChI is InChI=1S/C43H64N6O3/c1-11-17-19-51-42-27(7)46-48(9)39(37(42)35-31(13-3)21-29(25-44)22-32(35)14-4)41(50)40-38(43(52-20-18-12-2)28(8)47-49(40)10)36-33(15-5)23-30(26-45)24-34(36)16-6/h21-24,39-40H,11-20,25-26,44-45H2,1-10H3. The molecule has 9 nitrogen and oxygen atoms in total. The summed E-state index contributed by atoms with van der Waals surface area (Å²) in [4.78, 5) is 15.9. The number of ether oxygens (including phenoxy) is 2. The van der Waals surface area contributed by atoms with Gasteiger partial charge in [-0.05, 0) is 96.9 Å². The lowest BCUT2D eigenvalue weighted by Gasteiger charge is -2.40. The molecule has 2 unspecified atom stereocenters. The summed E-state index contributed by atoms with van der Waals surface area (Å²) in [7, 11) is 3.81. The molecule has 2 heterocycles. The molecule has 0 amide bonds. The second-order valence-corrected chi connectivity index (χ2v) is 14.0. The predicted octanol–water partition coefficient (Wildman–Crippen LogP) is 7.56. The summed E-state index contributed by atoms with van der Waals surface area (Å²) in [5, 5.41) is 13.6. The zero-order chi connectivity index (χ0) is 38.1. The van der Waals surface area contributed by atoms with Crippen molar-refractivity contribution < 1.29 is 14.3 Å². The number of likely N-dealkylation sites (N-methyl/N-ethyl adjacent to an activating group) is 2. The van der Waals surface area contributed by atoms with Crippen LogP contribution in [0.25, 0.3) is 11.1 Å². The van der Waals surface area contributed by atoms with Crippen LogP contribution in [0.3, 0.4) is 0 Å². The molecule has 52 heavy (non-hydrogen) atoms. The minimum absolute atomic E-state index is 0.0327. The van der Waals surface area contributed by atoms with Crippen LogP contribution >= 0.6 is 0 Å². The van der Waals surface area contributed by atoms with Crippen LogP contribution in [-0.4, -0.2) is 66.6 Å². The third kappa shape index (κ3) is 8.31. The summed E-state index contributed by atoms with van der Waals surface area (Å²) in [5.41, 5.74) is 24.6. The first kappa shape index (κ1) is 40.8. The summed E-state index contributed by atoms with van der Waals surface area (Å²) < 4.78 is 13.3. The molecule has 2 aliphatic rings. The van der Waals surface area contributed by atoms with E-state index < -0.39 is 12.1 Å². The van der Waals surface area contributed by atoms with Crippen molar-refractivity contribution in [3.8, 4) is 0 Å². The Hall–Kier alpha value is -3.95. The van der Waals surface area contributed by atoms with Crippen LogP contribution in [-0.2, 0) is 53.0 Å². The number of unbranched alkanes of at least 4 members (excludes halogenated alkanes) is 2. The lowest BCUT2D eigenvalue weighted by Crippen LogP contribution is -2.51. The minimum atomic E-state index is -0.758. The van der Waals surface area contributed by atoms with Gasteiger partial charge in [0, 0.05) is 38.3 Å². The van der Waals surface area contributed by atoms with Crippen molar-refractivity contribution in [1.82, 2.24) is 10.0 Å². The molecule has 0 aromatic heterocycles. The highest BCUT2D eigenvalue weighted by atomic mass is 16.5. The number of hydrazone groups is 2. The molecule has 2 aromatic rings. The molecule has 284 valence electrons.